The van der Waals surface area contributed by atoms with Crippen molar-refractivity contribution in [1.82, 2.24) is 4.90 Å². The molecule has 0 spiro atoms. The highest BCUT2D eigenvalue weighted by Gasteiger charge is 2.48. The number of amides is 2. The van der Waals surface area contributed by atoms with E-state index in [0.717, 1.165) is 42.4 Å². The van der Waals surface area contributed by atoms with Crippen LogP contribution in [-0.4, -0.2) is 40.4 Å². The molecule has 2 aromatic rings. The van der Waals surface area contributed by atoms with Crippen LogP contribution >= 0.6 is 0 Å². The maximum atomic E-state index is 13.5. The van der Waals surface area contributed by atoms with Crippen molar-refractivity contribution in [3.8, 4) is 17.2 Å². The third kappa shape index (κ3) is 6.19. The van der Waals surface area contributed by atoms with E-state index in [4.69, 9.17) is 10.5 Å². The Labute approximate surface area is 218 Å². The van der Waals surface area contributed by atoms with Gasteiger partial charge in [-0.05, 0) is 87.6 Å². The number of rotatable bonds is 7. The number of hydrogen-bond donors (Lipinski definition) is 1. The van der Waals surface area contributed by atoms with Crippen LogP contribution in [0.15, 0.2) is 48.5 Å². The van der Waals surface area contributed by atoms with Crippen LogP contribution in [0.4, 0.5) is 4.79 Å². The van der Waals surface area contributed by atoms with Gasteiger partial charge in [-0.1, -0.05) is 36.4 Å². The van der Waals surface area contributed by atoms with Crippen molar-refractivity contribution in [3.05, 3.63) is 59.7 Å². The van der Waals surface area contributed by atoms with Crippen molar-refractivity contribution in [1.29, 1.82) is 5.26 Å². The summed E-state index contributed by atoms with van der Waals surface area (Å²) in [6, 6.07) is 16.8. The second-order valence-corrected chi connectivity index (χ2v) is 11.2. The van der Waals surface area contributed by atoms with E-state index >= 15 is 0 Å². The Hall–Kier alpha value is -3.66. The van der Waals surface area contributed by atoms with Gasteiger partial charge in [0, 0.05) is 18.0 Å². The van der Waals surface area contributed by atoms with Crippen LogP contribution < -0.4 is 5.73 Å². The molecule has 2 N–H and O–H groups in total. The lowest BCUT2D eigenvalue weighted by atomic mass is 9.72. The summed E-state index contributed by atoms with van der Waals surface area (Å²) in [5.74, 6) is -0.856. The SMILES string of the molecule is CC(C)(C)OC(=O)N1C2CCC(CC2)[C@H]1C(=O)C[C@H](C#N)Cc1ccc(-c2ccc(C(N)=O)cc2)cc1. The number of benzene rings is 2. The van der Waals surface area contributed by atoms with Gasteiger partial charge in [-0.25, -0.2) is 4.79 Å². The number of nitrogens with two attached hydrogens (primary N) is 1. The van der Waals surface area contributed by atoms with Crippen molar-refractivity contribution in [2.75, 3.05) is 0 Å². The first-order chi connectivity index (χ1) is 17.6. The summed E-state index contributed by atoms with van der Waals surface area (Å²) < 4.78 is 5.65. The number of ketones is 1. The molecule has 2 bridgehead atoms. The highest BCUT2D eigenvalue weighted by atomic mass is 16.6. The molecule has 2 heterocycles. The van der Waals surface area contributed by atoms with Gasteiger partial charge in [-0.3, -0.25) is 14.5 Å². The minimum Gasteiger partial charge on any atom is -0.444 e. The van der Waals surface area contributed by atoms with Crippen molar-refractivity contribution in [2.24, 2.45) is 17.6 Å². The number of nitrogens with zero attached hydrogens (tertiary/aromatic N) is 2. The zero-order chi connectivity index (χ0) is 26.7. The third-order valence-corrected chi connectivity index (χ3v) is 7.38. The summed E-state index contributed by atoms with van der Waals surface area (Å²) in [4.78, 5) is 39.5. The molecule has 0 radical (unpaired) electrons. The van der Waals surface area contributed by atoms with Gasteiger partial charge in [0.15, 0.2) is 5.78 Å². The zero-order valence-electron chi connectivity index (χ0n) is 21.8. The van der Waals surface area contributed by atoms with Gasteiger partial charge in [0.25, 0.3) is 0 Å². The van der Waals surface area contributed by atoms with Crippen LogP contribution in [0.25, 0.3) is 11.1 Å². The monoisotopic (exact) mass is 501 g/mol. The average Bonchev–Trinajstić information content (AvgIpc) is 2.87. The maximum absolute atomic E-state index is 13.5. The summed E-state index contributed by atoms with van der Waals surface area (Å²) in [5.41, 5.74) is 8.04. The van der Waals surface area contributed by atoms with E-state index in [-0.39, 0.29) is 24.2 Å². The Morgan fingerprint density at radius 3 is 2.08 bits per heavy atom. The number of primary amides is 1. The van der Waals surface area contributed by atoms with Crippen LogP contribution in [0.5, 0.6) is 0 Å². The normalized spacial score (nSPS) is 21.7. The fraction of sp³-hybridized carbons (Fsp3) is 0.467. The molecule has 1 saturated carbocycles. The number of ether oxygens (including phenoxy) is 1. The first-order valence-electron chi connectivity index (χ1n) is 13.0. The van der Waals surface area contributed by atoms with Crippen LogP contribution in [0.3, 0.4) is 0 Å². The molecule has 194 valence electrons. The van der Waals surface area contributed by atoms with Crippen LogP contribution in [0.2, 0.25) is 0 Å². The summed E-state index contributed by atoms with van der Waals surface area (Å²) >= 11 is 0. The molecule has 2 amide bonds. The lowest BCUT2D eigenvalue weighted by Gasteiger charge is -2.50. The molecule has 0 aromatic heterocycles. The molecule has 7 heteroatoms. The molecule has 0 unspecified atom stereocenters. The van der Waals surface area contributed by atoms with E-state index in [2.05, 4.69) is 6.07 Å². The van der Waals surface area contributed by atoms with Crippen LogP contribution in [0.1, 0.15) is 68.8 Å². The molecule has 37 heavy (non-hydrogen) atoms. The van der Waals surface area contributed by atoms with E-state index in [1.807, 2.05) is 57.2 Å². The Balaban J connectivity index is 1.43. The number of carbonyl (C=O) groups excluding carboxylic acids is 3. The summed E-state index contributed by atoms with van der Waals surface area (Å²) in [6.45, 7) is 5.49. The molecular formula is C30H35N3O4. The molecule has 2 aliphatic heterocycles. The fourth-order valence-electron chi connectivity index (χ4n) is 5.62. The topological polar surface area (TPSA) is 113 Å². The van der Waals surface area contributed by atoms with Crippen LogP contribution in [-0.2, 0) is 16.0 Å². The number of piperidine rings is 2. The van der Waals surface area contributed by atoms with Gasteiger partial charge in [0.05, 0.1) is 18.0 Å². The minimum atomic E-state index is -0.632. The van der Waals surface area contributed by atoms with Gasteiger partial charge in [0.2, 0.25) is 5.91 Å². The number of carbonyl (C=O) groups is 3. The fourth-order valence-corrected chi connectivity index (χ4v) is 5.62. The zero-order valence-corrected chi connectivity index (χ0v) is 21.8. The van der Waals surface area contributed by atoms with Gasteiger partial charge in [-0.2, -0.15) is 5.26 Å². The first kappa shape index (κ1) is 26.4. The largest absolute Gasteiger partial charge is 0.444 e. The predicted molar refractivity (Wildman–Crippen MR) is 140 cm³/mol. The standard InChI is InChI=1S/C30H35N3O4/c1-30(2,3)37-29(36)33-25-14-12-23(13-15-25)27(33)26(34)17-20(18-31)16-19-4-6-21(7-5-19)22-8-10-24(11-9-22)28(32)35/h4-11,20,23,25,27H,12-17H2,1-3H3,(H2,32,35)/t20-,23?,25?,27+/m1/s1. The summed E-state index contributed by atoms with van der Waals surface area (Å²) in [5, 5.41) is 9.85. The summed E-state index contributed by atoms with van der Waals surface area (Å²) in [6.07, 6.45) is 3.79. The van der Waals surface area contributed by atoms with E-state index < -0.39 is 29.6 Å². The quantitative estimate of drug-likeness (QED) is 0.555. The van der Waals surface area contributed by atoms with E-state index in [9.17, 15) is 19.6 Å². The predicted octanol–water partition coefficient (Wildman–Crippen LogP) is 5.27. The third-order valence-electron chi connectivity index (χ3n) is 7.38. The van der Waals surface area contributed by atoms with Crippen molar-refractivity contribution < 1.29 is 19.1 Å². The molecule has 2 atom stereocenters. The van der Waals surface area contributed by atoms with Crippen molar-refractivity contribution in [3.63, 3.8) is 0 Å². The lowest BCUT2D eigenvalue weighted by molar-refractivity contribution is -0.133. The van der Waals surface area contributed by atoms with Crippen molar-refractivity contribution in [2.45, 2.75) is 77.0 Å². The van der Waals surface area contributed by atoms with E-state index in [0.29, 0.717) is 12.0 Å². The van der Waals surface area contributed by atoms with Gasteiger partial charge < -0.3 is 10.5 Å². The number of hydrogen-bond acceptors (Lipinski definition) is 5. The molecule has 2 aromatic carbocycles. The van der Waals surface area contributed by atoms with Crippen LogP contribution in [0, 0.1) is 23.2 Å². The van der Waals surface area contributed by atoms with E-state index in [1.165, 1.54) is 0 Å². The Kier molecular flexibility index (Phi) is 7.68. The van der Waals surface area contributed by atoms with Gasteiger partial charge in [0.1, 0.15) is 5.60 Å². The number of nitriles is 1. The van der Waals surface area contributed by atoms with E-state index in [1.54, 1.807) is 17.0 Å². The molecule has 2 saturated heterocycles. The average molecular weight is 502 g/mol. The van der Waals surface area contributed by atoms with Crippen molar-refractivity contribution >= 4 is 17.8 Å². The molecule has 7 nitrogen and oxygen atoms in total. The highest BCUT2D eigenvalue weighted by Crippen LogP contribution is 2.41. The second kappa shape index (κ2) is 10.8. The highest BCUT2D eigenvalue weighted by molar-refractivity contribution is 5.93. The molecule has 1 aliphatic carbocycles. The number of fused-ring (bicyclic) bond motifs is 3. The Morgan fingerprint density at radius 1 is 1.00 bits per heavy atom. The number of Topliss-reactive ketones (excluding diaryl/α,β-unsaturated/α-hetero) is 1. The lowest BCUT2D eigenvalue weighted by Crippen LogP contribution is -2.61. The second-order valence-electron chi connectivity index (χ2n) is 11.2. The first-order valence-corrected chi connectivity index (χ1v) is 13.0. The summed E-state index contributed by atoms with van der Waals surface area (Å²) in [7, 11) is 0. The Morgan fingerprint density at radius 2 is 1.57 bits per heavy atom. The van der Waals surface area contributed by atoms with Gasteiger partial charge in [-0.15, -0.1) is 0 Å². The molecule has 5 rings (SSSR count). The maximum Gasteiger partial charge on any atom is 0.411 e. The van der Waals surface area contributed by atoms with Gasteiger partial charge >= 0.3 is 6.09 Å². The smallest absolute Gasteiger partial charge is 0.411 e. The molecule has 3 fully saturated rings. The Bertz CT molecular complexity index is 1180. The minimum absolute atomic E-state index is 0.0268. The molecule has 3 aliphatic rings. The molecular weight excluding hydrogens is 466 g/mol.